The third-order valence-electron chi connectivity index (χ3n) is 2.69. The lowest BCUT2D eigenvalue weighted by atomic mass is 10.0. The molecule has 1 aromatic rings. The average molecular weight is 247 g/mol. The zero-order chi connectivity index (χ0) is 13.4. The third-order valence-corrected chi connectivity index (χ3v) is 2.69. The van der Waals surface area contributed by atoms with Crippen molar-refractivity contribution in [1.29, 1.82) is 0 Å². The Morgan fingerprint density at radius 3 is 2.56 bits per heavy atom. The summed E-state index contributed by atoms with van der Waals surface area (Å²) in [6, 6.07) is 10.4. The molecular weight excluding hydrogens is 226 g/mol. The number of nitrogens with zero attached hydrogens (tertiary/aromatic N) is 1. The van der Waals surface area contributed by atoms with Crippen LogP contribution in [0.5, 0.6) is 0 Å². The molecule has 0 bridgehead atoms. The molecule has 0 aromatic heterocycles. The van der Waals surface area contributed by atoms with Crippen molar-refractivity contribution in [1.82, 2.24) is 4.90 Å². The minimum Gasteiger partial charge on any atom is -0.463 e. The van der Waals surface area contributed by atoms with E-state index in [1.807, 2.05) is 38.4 Å². The molecule has 3 heteroatoms. The lowest BCUT2D eigenvalue weighted by molar-refractivity contribution is -0.137. The Morgan fingerprint density at radius 1 is 1.33 bits per heavy atom. The first-order chi connectivity index (χ1) is 8.63. The lowest BCUT2D eigenvalue weighted by Crippen LogP contribution is -2.28. The van der Waals surface area contributed by atoms with E-state index in [9.17, 15) is 4.79 Å². The number of carbonyl (C=O) groups excluding carboxylic acids is 1. The summed E-state index contributed by atoms with van der Waals surface area (Å²) in [6.45, 7) is 2.22. The van der Waals surface area contributed by atoms with Crippen LogP contribution in [0.25, 0.3) is 0 Å². The van der Waals surface area contributed by atoms with Gasteiger partial charge in [-0.15, -0.1) is 0 Å². The van der Waals surface area contributed by atoms with Gasteiger partial charge < -0.3 is 9.64 Å². The molecular formula is C15H21NO2. The van der Waals surface area contributed by atoms with Gasteiger partial charge in [0, 0.05) is 12.1 Å². The normalized spacial score (nSPS) is 12.9. The maximum Gasteiger partial charge on any atom is 0.330 e. The van der Waals surface area contributed by atoms with E-state index in [4.69, 9.17) is 4.74 Å². The first-order valence-electron chi connectivity index (χ1n) is 6.18. The van der Waals surface area contributed by atoms with E-state index < -0.39 is 0 Å². The molecule has 98 valence electrons. The molecule has 0 spiro atoms. The molecule has 0 aliphatic carbocycles. The number of ether oxygens (including phenoxy) is 1. The van der Waals surface area contributed by atoms with E-state index in [1.165, 1.54) is 11.6 Å². The maximum absolute atomic E-state index is 11.3. The fourth-order valence-electron chi connectivity index (χ4n) is 1.66. The van der Waals surface area contributed by atoms with Crippen LogP contribution in [0.3, 0.4) is 0 Å². The Kier molecular flexibility index (Phi) is 6.15. The summed E-state index contributed by atoms with van der Waals surface area (Å²) < 4.78 is 4.88. The fraction of sp³-hybridized carbons (Fsp3) is 0.400. The number of carbonyl (C=O) groups is 1. The van der Waals surface area contributed by atoms with Gasteiger partial charge in [-0.2, -0.15) is 0 Å². The Labute approximate surface area is 109 Å². The third kappa shape index (κ3) is 5.15. The molecule has 1 aromatic carbocycles. The number of hydrogen-bond acceptors (Lipinski definition) is 3. The van der Waals surface area contributed by atoms with Crippen LogP contribution in [-0.2, 0) is 16.0 Å². The van der Waals surface area contributed by atoms with E-state index in [-0.39, 0.29) is 12.0 Å². The molecule has 18 heavy (non-hydrogen) atoms. The monoisotopic (exact) mass is 247 g/mol. The minimum atomic E-state index is -0.280. The highest BCUT2D eigenvalue weighted by Crippen LogP contribution is 2.08. The smallest absolute Gasteiger partial charge is 0.330 e. The van der Waals surface area contributed by atoms with Crippen molar-refractivity contribution in [2.24, 2.45) is 0 Å². The maximum atomic E-state index is 11.3. The van der Waals surface area contributed by atoms with Crippen LogP contribution in [-0.4, -0.2) is 37.6 Å². The van der Waals surface area contributed by atoms with Gasteiger partial charge >= 0.3 is 5.97 Å². The molecule has 1 rings (SSSR count). The highest BCUT2D eigenvalue weighted by Gasteiger charge is 2.09. The molecule has 0 saturated carbocycles. The molecule has 0 radical (unpaired) electrons. The summed E-state index contributed by atoms with van der Waals surface area (Å²) in [5, 5.41) is 0. The lowest BCUT2D eigenvalue weighted by Gasteiger charge is -2.20. The number of likely N-dealkylation sites (N-methyl/N-ethyl adjacent to an activating group) is 1. The molecule has 1 unspecified atom stereocenters. The second kappa shape index (κ2) is 7.67. The van der Waals surface area contributed by atoms with Crippen molar-refractivity contribution >= 4 is 5.97 Å². The van der Waals surface area contributed by atoms with Gasteiger partial charge in [0.25, 0.3) is 0 Å². The van der Waals surface area contributed by atoms with E-state index in [2.05, 4.69) is 17.0 Å². The zero-order valence-electron chi connectivity index (χ0n) is 11.3. The van der Waals surface area contributed by atoms with Crippen LogP contribution in [0.2, 0.25) is 0 Å². The van der Waals surface area contributed by atoms with Crippen molar-refractivity contribution < 1.29 is 9.53 Å². The van der Waals surface area contributed by atoms with Crippen LogP contribution in [0, 0.1) is 0 Å². The molecule has 0 amide bonds. The van der Waals surface area contributed by atoms with Crippen LogP contribution in [0.4, 0.5) is 0 Å². The predicted octanol–water partition coefficient (Wildman–Crippen LogP) is 2.28. The average Bonchev–Trinajstić information content (AvgIpc) is 2.35. The van der Waals surface area contributed by atoms with Gasteiger partial charge in [-0.05, 0) is 33.0 Å². The first-order valence-corrected chi connectivity index (χ1v) is 6.18. The van der Waals surface area contributed by atoms with Crippen molar-refractivity contribution in [3.05, 3.63) is 48.0 Å². The Bertz CT molecular complexity index is 385. The van der Waals surface area contributed by atoms with Crippen LogP contribution in [0.1, 0.15) is 12.5 Å². The largest absolute Gasteiger partial charge is 0.463 e. The standard InChI is InChI=1S/C15H21NO2/c1-4-18-15(17)11-10-14(16(2)3)12-13-8-6-5-7-9-13/h5-11,14H,4,12H2,1-3H3/b11-10+. The molecule has 1 atom stereocenters. The number of benzene rings is 1. The summed E-state index contributed by atoms with van der Waals surface area (Å²) in [4.78, 5) is 13.4. The Balaban J connectivity index is 2.63. The van der Waals surface area contributed by atoms with Gasteiger partial charge in [0.2, 0.25) is 0 Å². The van der Waals surface area contributed by atoms with Crippen molar-refractivity contribution in [3.63, 3.8) is 0 Å². The molecule has 0 N–H and O–H groups in total. The quantitative estimate of drug-likeness (QED) is 0.570. The summed E-state index contributed by atoms with van der Waals surface area (Å²) in [5.74, 6) is -0.280. The van der Waals surface area contributed by atoms with Crippen LogP contribution >= 0.6 is 0 Å². The number of hydrogen-bond donors (Lipinski definition) is 0. The number of rotatable bonds is 6. The van der Waals surface area contributed by atoms with E-state index in [0.717, 1.165) is 6.42 Å². The van der Waals surface area contributed by atoms with Crippen molar-refractivity contribution in [3.8, 4) is 0 Å². The zero-order valence-corrected chi connectivity index (χ0v) is 11.3. The van der Waals surface area contributed by atoms with Crippen LogP contribution < -0.4 is 0 Å². The van der Waals surface area contributed by atoms with E-state index >= 15 is 0 Å². The molecule has 0 fully saturated rings. The highest BCUT2D eigenvalue weighted by molar-refractivity contribution is 5.81. The topological polar surface area (TPSA) is 29.5 Å². The molecule has 0 aliphatic rings. The first kappa shape index (κ1) is 14.5. The van der Waals surface area contributed by atoms with Crippen molar-refractivity contribution in [2.45, 2.75) is 19.4 Å². The number of esters is 1. The van der Waals surface area contributed by atoms with E-state index in [1.54, 1.807) is 6.92 Å². The summed E-state index contributed by atoms with van der Waals surface area (Å²) in [6.07, 6.45) is 4.28. The second-order valence-corrected chi connectivity index (χ2v) is 4.33. The minimum absolute atomic E-state index is 0.191. The van der Waals surface area contributed by atoms with Gasteiger partial charge in [0.1, 0.15) is 0 Å². The molecule has 0 heterocycles. The highest BCUT2D eigenvalue weighted by atomic mass is 16.5. The van der Waals surface area contributed by atoms with Gasteiger partial charge in [0.05, 0.1) is 6.61 Å². The van der Waals surface area contributed by atoms with Gasteiger partial charge in [-0.1, -0.05) is 36.4 Å². The summed E-state index contributed by atoms with van der Waals surface area (Å²) in [5.41, 5.74) is 1.25. The fourth-order valence-corrected chi connectivity index (χ4v) is 1.66. The van der Waals surface area contributed by atoms with Gasteiger partial charge in [0.15, 0.2) is 0 Å². The SMILES string of the molecule is CCOC(=O)/C=C/C(Cc1ccccc1)N(C)C. The van der Waals surface area contributed by atoms with Crippen LogP contribution in [0.15, 0.2) is 42.5 Å². The Hall–Kier alpha value is -1.61. The molecule has 0 saturated heterocycles. The Morgan fingerprint density at radius 2 is 2.00 bits per heavy atom. The summed E-state index contributed by atoms with van der Waals surface area (Å²) in [7, 11) is 4.01. The molecule has 3 nitrogen and oxygen atoms in total. The van der Waals surface area contributed by atoms with Crippen molar-refractivity contribution in [2.75, 3.05) is 20.7 Å². The second-order valence-electron chi connectivity index (χ2n) is 4.33. The van der Waals surface area contributed by atoms with Gasteiger partial charge in [-0.25, -0.2) is 4.79 Å². The predicted molar refractivity (Wildman–Crippen MR) is 73.4 cm³/mol. The molecule has 0 aliphatic heterocycles. The van der Waals surface area contributed by atoms with Gasteiger partial charge in [-0.3, -0.25) is 0 Å². The summed E-state index contributed by atoms with van der Waals surface area (Å²) >= 11 is 0. The van der Waals surface area contributed by atoms with E-state index in [0.29, 0.717) is 6.61 Å².